The molecule has 8 heteroatoms. The van der Waals surface area contributed by atoms with Crippen LogP contribution in [0.4, 0.5) is 0 Å². The van der Waals surface area contributed by atoms with E-state index in [2.05, 4.69) is 10.6 Å². The van der Waals surface area contributed by atoms with E-state index in [1.54, 1.807) is 6.92 Å². The Hall–Kier alpha value is -2.77. The first kappa shape index (κ1) is 22.3. The van der Waals surface area contributed by atoms with Crippen LogP contribution < -0.4 is 20.1 Å². The minimum atomic E-state index is -1.08. The first-order valence-electron chi connectivity index (χ1n) is 8.83. The summed E-state index contributed by atoms with van der Waals surface area (Å²) < 4.78 is 10.7. The lowest BCUT2D eigenvalue weighted by atomic mass is 9.99. The molecular weight excluding hydrogens is 352 g/mol. The number of carboxylic acids is 1. The molecule has 0 saturated heterocycles. The van der Waals surface area contributed by atoms with Gasteiger partial charge >= 0.3 is 5.97 Å². The van der Waals surface area contributed by atoms with Crippen molar-refractivity contribution in [2.75, 3.05) is 13.7 Å². The molecule has 0 heterocycles. The lowest BCUT2D eigenvalue weighted by molar-refractivity contribution is -0.140. The number of ether oxygens (including phenoxy) is 2. The first-order chi connectivity index (χ1) is 12.7. The number of carbonyl (C=O) groups excluding carboxylic acids is 2. The summed E-state index contributed by atoms with van der Waals surface area (Å²) in [6.45, 7) is 7.12. The number of carboxylic acid groups (broad SMARTS) is 1. The highest BCUT2D eigenvalue weighted by Crippen LogP contribution is 2.28. The number of benzene rings is 1. The summed E-state index contributed by atoms with van der Waals surface area (Å²) in [6, 6.07) is 3.46. The largest absolute Gasteiger partial charge is 0.493 e. The van der Waals surface area contributed by atoms with Crippen LogP contribution in [0, 0.1) is 5.92 Å². The number of rotatable bonds is 10. The molecule has 0 aliphatic carbocycles. The molecule has 8 nitrogen and oxygen atoms in total. The lowest BCUT2D eigenvalue weighted by Gasteiger charge is -2.20. The topological polar surface area (TPSA) is 114 Å². The van der Waals surface area contributed by atoms with Crippen molar-refractivity contribution >= 4 is 17.8 Å². The summed E-state index contributed by atoms with van der Waals surface area (Å²) in [7, 11) is 1.41. The van der Waals surface area contributed by atoms with Crippen LogP contribution in [0.2, 0.25) is 0 Å². The van der Waals surface area contributed by atoms with Crippen LogP contribution in [-0.2, 0) is 9.59 Å². The molecule has 0 fully saturated rings. The van der Waals surface area contributed by atoms with E-state index in [0.29, 0.717) is 12.2 Å². The second kappa shape index (κ2) is 10.4. The van der Waals surface area contributed by atoms with Gasteiger partial charge in [0.05, 0.1) is 7.11 Å². The minimum absolute atomic E-state index is 0.00163. The number of methoxy groups -OCH3 is 1. The summed E-state index contributed by atoms with van der Waals surface area (Å²) in [4.78, 5) is 35.5. The molecule has 0 spiro atoms. The lowest BCUT2D eigenvalue weighted by Crippen LogP contribution is -2.45. The van der Waals surface area contributed by atoms with Crippen LogP contribution in [0.25, 0.3) is 0 Å². The number of nitrogens with one attached hydrogen (secondary N) is 2. The third-order valence-corrected chi connectivity index (χ3v) is 4.00. The van der Waals surface area contributed by atoms with Crippen LogP contribution in [0.3, 0.4) is 0 Å². The van der Waals surface area contributed by atoms with Crippen molar-refractivity contribution in [2.45, 2.75) is 46.2 Å². The van der Waals surface area contributed by atoms with Gasteiger partial charge in [0.15, 0.2) is 18.1 Å². The molecule has 0 aliphatic rings. The molecule has 0 saturated carbocycles. The van der Waals surface area contributed by atoms with Crippen LogP contribution >= 0.6 is 0 Å². The van der Waals surface area contributed by atoms with Crippen LogP contribution in [0.5, 0.6) is 11.5 Å². The van der Waals surface area contributed by atoms with Crippen molar-refractivity contribution in [2.24, 2.45) is 5.92 Å². The zero-order valence-electron chi connectivity index (χ0n) is 16.4. The van der Waals surface area contributed by atoms with Crippen molar-refractivity contribution in [1.29, 1.82) is 0 Å². The highest BCUT2D eigenvalue weighted by atomic mass is 16.5. The van der Waals surface area contributed by atoms with Gasteiger partial charge in [-0.05, 0) is 38.0 Å². The van der Waals surface area contributed by atoms with Gasteiger partial charge in [-0.2, -0.15) is 0 Å². The van der Waals surface area contributed by atoms with E-state index in [1.807, 2.05) is 20.8 Å². The van der Waals surface area contributed by atoms with Crippen molar-refractivity contribution in [3.63, 3.8) is 0 Å². The maximum atomic E-state index is 12.4. The smallest absolute Gasteiger partial charge is 0.326 e. The third-order valence-electron chi connectivity index (χ3n) is 4.00. The van der Waals surface area contributed by atoms with E-state index >= 15 is 0 Å². The van der Waals surface area contributed by atoms with Gasteiger partial charge in [0.2, 0.25) is 0 Å². The molecule has 2 atom stereocenters. The Morgan fingerprint density at radius 1 is 1.11 bits per heavy atom. The maximum Gasteiger partial charge on any atom is 0.326 e. The third kappa shape index (κ3) is 6.80. The summed E-state index contributed by atoms with van der Waals surface area (Å²) >= 11 is 0. The van der Waals surface area contributed by atoms with Crippen LogP contribution in [0.1, 0.15) is 44.5 Å². The summed E-state index contributed by atoms with van der Waals surface area (Å²) in [6.07, 6.45) is 0.617. The Labute approximate surface area is 159 Å². The Bertz CT molecular complexity index is 674. The minimum Gasteiger partial charge on any atom is -0.493 e. The normalized spacial score (nSPS) is 12.8. The number of aliphatic carboxylic acids is 1. The average molecular weight is 380 g/mol. The first-order valence-corrected chi connectivity index (χ1v) is 8.83. The van der Waals surface area contributed by atoms with Gasteiger partial charge in [0.25, 0.3) is 11.8 Å². The fourth-order valence-corrected chi connectivity index (χ4v) is 2.34. The van der Waals surface area contributed by atoms with Gasteiger partial charge in [0.1, 0.15) is 6.04 Å². The number of amides is 2. The average Bonchev–Trinajstić information content (AvgIpc) is 2.62. The summed E-state index contributed by atoms with van der Waals surface area (Å²) in [5.74, 6) is -1.51. The number of hydrogen-bond donors (Lipinski definition) is 3. The molecule has 0 aliphatic heterocycles. The van der Waals surface area contributed by atoms with Gasteiger partial charge in [0, 0.05) is 11.6 Å². The van der Waals surface area contributed by atoms with E-state index in [0.717, 1.165) is 0 Å². The van der Waals surface area contributed by atoms with E-state index in [-0.39, 0.29) is 35.8 Å². The molecule has 0 radical (unpaired) electrons. The highest BCUT2D eigenvalue weighted by molar-refractivity contribution is 5.97. The summed E-state index contributed by atoms with van der Waals surface area (Å²) in [5, 5.41) is 14.5. The molecular formula is C19H28N2O6. The molecule has 2 amide bonds. The monoisotopic (exact) mass is 380 g/mol. The van der Waals surface area contributed by atoms with Crippen molar-refractivity contribution < 1.29 is 29.0 Å². The second-order valence-corrected chi connectivity index (χ2v) is 6.55. The summed E-state index contributed by atoms with van der Waals surface area (Å²) in [5.41, 5.74) is 0.236. The molecule has 27 heavy (non-hydrogen) atoms. The number of hydrogen-bond acceptors (Lipinski definition) is 5. The van der Waals surface area contributed by atoms with E-state index in [9.17, 15) is 19.5 Å². The Morgan fingerprint density at radius 3 is 2.30 bits per heavy atom. The fourth-order valence-electron chi connectivity index (χ4n) is 2.34. The molecule has 3 N–H and O–H groups in total. The quantitative estimate of drug-likeness (QED) is 0.571. The molecule has 1 rings (SSSR count). The Morgan fingerprint density at radius 2 is 1.78 bits per heavy atom. The number of carbonyl (C=O) groups is 3. The molecule has 1 aromatic carbocycles. The predicted octanol–water partition coefficient (Wildman–Crippen LogP) is 1.83. The zero-order chi connectivity index (χ0) is 20.6. The SMILES string of the molecule is CC[C@H](C)[C@H](NC(=O)c1ccc(OCC(=O)NC(C)C)c(OC)c1)C(=O)O. The van der Waals surface area contributed by atoms with Gasteiger partial charge in [-0.3, -0.25) is 9.59 Å². The van der Waals surface area contributed by atoms with E-state index in [4.69, 9.17) is 9.47 Å². The van der Waals surface area contributed by atoms with Crippen LogP contribution in [-0.4, -0.2) is 48.7 Å². The fraction of sp³-hybridized carbons (Fsp3) is 0.526. The Kier molecular flexibility index (Phi) is 8.58. The Balaban J connectivity index is 2.87. The van der Waals surface area contributed by atoms with Crippen molar-refractivity contribution in [3.05, 3.63) is 23.8 Å². The molecule has 0 bridgehead atoms. The van der Waals surface area contributed by atoms with Crippen molar-refractivity contribution in [3.8, 4) is 11.5 Å². The standard InChI is InChI=1S/C19H28N2O6/c1-6-12(4)17(19(24)25)21-18(23)13-7-8-14(15(9-13)26-5)27-10-16(22)20-11(2)3/h7-9,11-12,17H,6,10H2,1-5H3,(H,20,22)(H,21,23)(H,24,25)/t12-,17-/m0/s1. The van der Waals surface area contributed by atoms with E-state index < -0.39 is 17.9 Å². The zero-order valence-corrected chi connectivity index (χ0v) is 16.4. The van der Waals surface area contributed by atoms with Crippen molar-refractivity contribution in [1.82, 2.24) is 10.6 Å². The van der Waals surface area contributed by atoms with Gasteiger partial charge in [-0.25, -0.2) is 4.79 Å². The highest BCUT2D eigenvalue weighted by Gasteiger charge is 2.26. The second-order valence-electron chi connectivity index (χ2n) is 6.55. The molecule has 0 unspecified atom stereocenters. The molecule has 1 aromatic rings. The van der Waals surface area contributed by atoms with E-state index in [1.165, 1.54) is 25.3 Å². The van der Waals surface area contributed by atoms with Gasteiger partial charge in [-0.15, -0.1) is 0 Å². The maximum absolute atomic E-state index is 12.4. The van der Waals surface area contributed by atoms with Crippen LogP contribution in [0.15, 0.2) is 18.2 Å². The molecule has 0 aromatic heterocycles. The predicted molar refractivity (Wildman–Crippen MR) is 100 cm³/mol. The van der Waals surface area contributed by atoms with Gasteiger partial charge in [-0.1, -0.05) is 20.3 Å². The molecule has 150 valence electrons. The van der Waals surface area contributed by atoms with Gasteiger partial charge < -0.3 is 25.2 Å².